The van der Waals surface area contributed by atoms with Crippen LogP contribution in [0.25, 0.3) is 0 Å². The van der Waals surface area contributed by atoms with Gasteiger partial charge >= 0.3 is 0 Å². The van der Waals surface area contributed by atoms with Crippen molar-refractivity contribution in [3.8, 4) is 0 Å². The van der Waals surface area contributed by atoms with E-state index in [0.717, 1.165) is 11.3 Å². The summed E-state index contributed by atoms with van der Waals surface area (Å²) < 4.78 is 5.29. The Morgan fingerprint density at radius 3 is 2.53 bits per heavy atom. The lowest BCUT2D eigenvalue weighted by Crippen LogP contribution is -2.13. The largest absolute Gasteiger partial charge is 0.462 e. The van der Waals surface area contributed by atoms with Gasteiger partial charge in [-0.15, -0.1) is 0 Å². The molecule has 1 heterocycles. The van der Waals surface area contributed by atoms with E-state index in [-0.39, 0.29) is 6.61 Å². The molecular formula is C13H15NO3. The van der Waals surface area contributed by atoms with Gasteiger partial charge in [0.15, 0.2) is 0 Å². The third-order valence-corrected chi connectivity index (χ3v) is 2.30. The summed E-state index contributed by atoms with van der Waals surface area (Å²) in [4.78, 5) is 5.29. The van der Waals surface area contributed by atoms with Gasteiger partial charge in [-0.05, 0) is 17.7 Å². The van der Waals surface area contributed by atoms with Crippen molar-refractivity contribution in [1.29, 1.82) is 0 Å². The second-order valence-corrected chi connectivity index (χ2v) is 3.62. The summed E-state index contributed by atoms with van der Waals surface area (Å²) in [6, 6.07) is 13.5. The highest BCUT2D eigenvalue weighted by Crippen LogP contribution is 2.07. The first-order valence-corrected chi connectivity index (χ1v) is 5.45. The maximum Gasteiger partial charge on any atom is 0.129 e. The first kappa shape index (κ1) is 11.9. The summed E-state index contributed by atoms with van der Waals surface area (Å²) in [5, 5.41) is 8.83. The third kappa shape index (κ3) is 3.71. The van der Waals surface area contributed by atoms with Crippen molar-refractivity contribution in [1.82, 2.24) is 5.48 Å². The number of hydroxylamine groups is 1. The zero-order chi connectivity index (χ0) is 11.9. The van der Waals surface area contributed by atoms with Gasteiger partial charge < -0.3 is 9.52 Å². The molecule has 0 saturated heterocycles. The van der Waals surface area contributed by atoms with Gasteiger partial charge in [0.2, 0.25) is 0 Å². The topological polar surface area (TPSA) is 54.6 Å². The van der Waals surface area contributed by atoms with Gasteiger partial charge in [0.05, 0.1) is 13.2 Å². The molecule has 0 aliphatic rings. The first-order chi connectivity index (χ1) is 8.38. The van der Waals surface area contributed by atoms with E-state index in [1.54, 1.807) is 6.07 Å². The summed E-state index contributed by atoms with van der Waals surface area (Å²) in [7, 11) is 0. The van der Waals surface area contributed by atoms with Gasteiger partial charge in [-0.1, -0.05) is 30.3 Å². The molecule has 0 fully saturated rings. The van der Waals surface area contributed by atoms with Crippen LogP contribution in [0.2, 0.25) is 0 Å². The van der Waals surface area contributed by atoms with Gasteiger partial charge in [-0.3, -0.25) is 4.84 Å². The van der Waals surface area contributed by atoms with E-state index in [1.807, 2.05) is 36.4 Å². The van der Waals surface area contributed by atoms with E-state index >= 15 is 0 Å². The number of benzene rings is 1. The molecule has 0 amide bonds. The van der Waals surface area contributed by atoms with Crippen molar-refractivity contribution < 1.29 is 14.4 Å². The number of aliphatic hydroxyl groups excluding tert-OH is 1. The van der Waals surface area contributed by atoms with Gasteiger partial charge in [0.25, 0.3) is 0 Å². The molecule has 2 rings (SSSR count). The van der Waals surface area contributed by atoms with Crippen molar-refractivity contribution in [2.75, 3.05) is 0 Å². The van der Waals surface area contributed by atoms with Crippen LogP contribution >= 0.6 is 0 Å². The number of aliphatic hydroxyl groups is 1. The van der Waals surface area contributed by atoms with E-state index in [4.69, 9.17) is 14.4 Å². The summed E-state index contributed by atoms with van der Waals surface area (Å²) in [5.41, 5.74) is 3.92. The Bertz CT molecular complexity index is 439. The quantitative estimate of drug-likeness (QED) is 0.592. The van der Waals surface area contributed by atoms with Crippen LogP contribution in [0.3, 0.4) is 0 Å². The molecule has 0 aliphatic carbocycles. The highest BCUT2D eigenvalue weighted by atomic mass is 16.6. The van der Waals surface area contributed by atoms with Crippen LogP contribution in [0.5, 0.6) is 0 Å². The van der Waals surface area contributed by atoms with E-state index in [1.165, 1.54) is 0 Å². The number of rotatable bonds is 6. The molecule has 0 radical (unpaired) electrons. The summed E-state index contributed by atoms with van der Waals surface area (Å²) in [6.07, 6.45) is 0. The Morgan fingerprint density at radius 2 is 1.82 bits per heavy atom. The highest BCUT2D eigenvalue weighted by molar-refractivity contribution is 5.13. The van der Waals surface area contributed by atoms with E-state index < -0.39 is 0 Å². The molecule has 90 valence electrons. The molecule has 17 heavy (non-hydrogen) atoms. The normalized spacial score (nSPS) is 10.6. The number of furan rings is 1. The third-order valence-electron chi connectivity index (χ3n) is 2.30. The molecule has 0 aliphatic heterocycles. The van der Waals surface area contributed by atoms with Crippen LogP contribution in [-0.2, 0) is 24.6 Å². The minimum atomic E-state index is -0.0785. The molecule has 0 bridgehead atoms. The predicted molar refractivity (Wildman–Crippen MR) is 62.7 cm³/mol. The molecule has 0 spiro atoms. The van der Waals surface area contributed by atoms with Crippen molar-refractivity contribution in [2.45, 2.75) is 19.8 Å². The van der Waals surface area contributed by atoms with Crippen LogP contribution in [0.4, 0.5) is 0 Å². The van der Waals surface area contributed by atoms with E-state index in [2.05, 4.69) is 5.48 Å². The zero-order valence-electron chi connectivity index (χ0n) is 9.43. The maximum absolute atomic E-state index is 8.83. The Balaban J connectivity index is 1.69. The highest BCUT2D eigenvalue weighted by Gasteiger charge is 2.00. The molecule has 4 nitrogen and oxygen atoms in total. The van der Waals surface area contributed by atoms with Crippen LogP contribution in [-0.4, -0.2) is 5.11 Å². The Labute approximate surface area is 99.8 Å². The molecule has 1 aromatic carbocycles. The Morgan fingerprint density at radius 1 is 1.06 bits per heavy atom. The molecular weight excluding hydrogens is 218 g/mol. The lowest BCUT2D eigenvalue weighted by atomic mass is 10.2. The summed E-state index contributed by atoms with van der Waals surface area (Å²) in [6.45, 7) is 0.909. The molecule has 1 aromatic heterocycles. The molecule has 4 heteroatoms. The van der Waals surface area contributed by atoms with Gasteiger partial charge in [-0.2, -0.15) is 5.48 Å². The van der Waals surface area contributed by atoms with Gasteiger partial charge in [-0.25, -0.2) is 0 Å². The van der Waals surface area contributed by atoms with E-state index in [0.29, 0.717) is 18.9 Å². The average Bonchev–Trinajstić information content (AvgIpc) is 2.84. The second-order valence-electron chi connectivity index (χ2n) is 3.62. The fourth-order valence-corrected chi connectivity index (χ4v) is 1.43. The van der Waals surface area contributed by atoms with Gasteiger partial charge in [0, 0.05) is 0 Å². The number of nitrogens with one attached hydrogen (secondary N) is 1. The SMILES string of the molecule is OCc1ccc(CNOCc2ccccc2)o1. The molecule has 0 saturated carbocycles. The molecule has 2 N–H and O–H groups in total. The smallest absolute Gasteiger partial charge is 0.129 e. The van der Waals surface area contributed by atoms with E-state index in [9.17, 15) is 0 Å². The number of hydrogen-bond acceptors (Lipinski definition) is 4. The summed E-state index contributed by atoms with van der Waals surface area (Å²) in [5.74, 6) is 1.30. The monoisotopic (exact) mass is 233 g/mol. The standard InChI is InChI=1S/C13H15NO3/c15-9-13-7-6-12(17-13)8-14-16-10-11-4-2-1-3-5-11/h1-7,14-15H,8-10H2. The second kappa shape index (κ2) is 6.20. The van der Waals surface area contributed by atoms with Crippen molar-refractivity contribution in [3.63, 3.8) is 0 Å². The van der Waals surface area contributed by atoms with Crippen LogP contribution in [0.1, 0.15) is 17.1 Å². The van der Waals surface area contributed by atoms with Crippen molar-refractivity contribution in [3.05, 3.63) is 59.5 Å². The van der Waals surface area contributed by atoms with Crippen molar-refractivity contribution >= 4 is 0 Å². The van der Waals surface area contributed by atoms with Crippen LogP contribution < -0.4 is 5.48 Å². The zero-order valence-corrected chi connectivity index (χ0v) is 9.43. The maximum atomic E-state index is 8.83. The van der Waals surface area contributed by atoms with Gasteiger partial charge in [0.1, 0.15) is 18.1 Å². The van der Waals surface area contributed by atoms with Crippen LogP contribution in [0.15, 0.2) is 46.9 Å². The minimum absolute atomic E-state index is 0.0785. The fraction of sp³-hybridized carbons (Fsp3) is 0.231. The molecule has 0 atom stereocenters. The Kier molecular flexibility index (Phi) is 4.32. The first-order valence-electron chi connectivity index (χ1n) is 5.45. The molecule has 2 aromatic rings. The minimum Gasteiger partial charge on any atom is -0.462 e. The lowest BCUT2D eigenvalue weighted by molar-refractivity contribution is 0.0198. The predicted octanol–water partition coefficient (Wildman–Crippen LogP) is 1.99. The lowest BCUT2D eigenvalue weighted by Gasteiger charge is -2.04. The molecule has 0 unspecified atom stereocenters. The number of hydrogen-bond donors (Lipinski definition) is 2. The summed E-state index contributed by atoms with van der Waals surface area (Å²) >= 11 is 0. The average molecular weight is 233 g/mol. The van der Waals surface area contributed by atoms with Crippen molar-refractivity contribution in [2.24, 2.45) is 0 Å². The van der Waals surface area contributed by atoms with Crippen LogP contribution in [0, 0.1) is 0 Å². The Hall–Kier alpha value is -1.62. The fourth-order valence-electron chi connectivity index (χ4n) is 1.43.